The molecule has 1 atom stereocenters. The molecule has 230 valence electrons. The average molecular weight is 597 g/mol. The topological polar surface area (TPSA) is 136 Å². The normalized spacial score (nSPS) is 14.3. The SMILES string of the molecule is Cc1c(NC(=O)c2ccc(C(C)(C)C)cc2)cccc1-c1cc(Nc2cccc(N)c2)c(=O)n(C)c1.O=C(O)C1CCCO1. The van der Waals surface area contributed by atoms with Crippen LogP contribution in [-0.4, -0.2) is 34.3 Å². The van der Waals surface area contributed by atoms with Gasteiger partial charge in [-0.25, -0.2) is 4.79 Å². The number of amides is 1. The number of nitrogens with one attached hydrogen (secondary N) is 2. The minimum Gasteiger partial charge on any atom is -0.479 e. The second-order valence-electron chi connectivity index (χ2n) is 11.9. The van der Waals surface area contributed by atoms with Gasteiger partial charge in [0.2, 0.25) is 0 Å². The van der Waals surface area contributed by atoms with Gasteiger partial charge in [0.15, 0.2) is 6.10 Å². The molecular weight excluding hydrogens is 556 g/mol. The van der Waals surface area contributed by atoms with Gasteiger partial charge in [-0.1, -0.05) is 51.1 Å². The third-order valence-electron chi connectivity index (χ3n) is 7.46. The number of pyridine rings is 1. The standard InChI is InChI=1S/C30H32N4O2.C5H8O3/c1-19-25(21-16-27(29(36)34(5)18-21)32-24-9-6-8-23(31)17-24)10-7-11-26(19)33-28(35)20-12-14-22(15-13-20)30(2,3)4;6-5(7)4-2-1-3-8-4/h6-18,32H,31H2,1-5H3,(H,33,35);4H,1-3H2,(H,6,7). The van der Waals surface area contributed by atoms with E-state index in [1.54, 1.807) is 29.9 Å². The zero-order chi connectivity index (χ0) is 32.0. The molecule has 1 unspecified atom stereocenters. The molecule has 2 heterocycles. The summed E-state index contributed by atoms with van der Waals surface area (Å²) in [4.78, 5) is 35.9. The number of benzene rings is 3. The molecule has 9 nitrogen and oxygen atoms in total. The van der Waals surface area contributed by atoms with Crippen molar-refractivity contribution in [2.24, 2.45) is 7.05 Å². The molecule has 0 saturated carbocycles. The van der Waals surface area contributed by atoms with Gasteiger partial charge in [-0.15, -0.1) is 0 Å². The molecule has 1 fully saturated rings. The van der Waals surface area contributed by atoms with Crippen LogP contribution in [0, 0.1) is 6.92 Å². The summed E-state index contributed by atoms with van der Waals surface area (Å²) in [5, 5.41) is 14.5. The molecule has 5 rings (SSSR count). The molecule has 4 aromatic rings. The van der Waals surface area contributed by atoms with Crippen LogP contribution in [0.2, 0.25) is 0 Å². The molecule has 0 aliphatic carbocycles. The molecule has 0 spiro atoms. The number of hydrogen-bond acceptors (Lipinski definition) is 6. The molecule has 5 N–H and O–H groups in total. The Labute approximate surface area is 257 Å². The van der Waals surface area contributed by atoms with Gasteiger partial charge in [0.05, 0.1) is 0 Å². The highest BCUT2D eigenvalue weighted by Gasteiger charge is 2.22. The quantitative estimate of drug-likeness (QED) is 0.187. The van der Waals surface area contributed by atoms with Crippen LogP contribution in [0.15, 0.2) is 83.8 Å². The van der Waals surface area contributed by atoms with Crippen LogP contribution in [0.4, 0.5) is 22.7 Å². The van der Waals surface area contributed by atoms with E-state index in [4.69, 9.17) is 15.6 Å². The van der Waals surface area contributed by atoms with Crippen LogP contribution in [0.1, 0.15) is 55.1 Å². The van der Waals surface area contributed by atoms with E-state index in [-0.39, 0.29) is 16.9 Å². The van der Waals surface area contributed by atoms with Gasteiger partial charge < -0.3 is 30.8 Å². The molecule has 44 heavy (non-hydrogen) atoms. The van der Waals surface area contributed by atoms with Gasteiger partial charge in [0.25, 0.3) is 11.5 Å². The molecule has 3 aromatic carbocycles. The summed E-state index contributed by atoms with van der Waals surface area (Å²) in [5.41, 5.74) is 12.7. The molecule has 1 aromatic heterocycles. The number of aromatic nitrogens is 1. The molecular formula is C35H40N4O5. The van der Waals surface area contributed by atoms with Gasteiger partial charge in [0, 0.05) is 48.0 Å². The van der Waals surface area contributed by atoms with Crippen molar-refractivity contribution < 1.29 is 19.4 Å². The summed E-state index contributed by atoms with van der Waals surface area (Å²) in [5.74, 6) is -0.998. The van der Waals surface area contributed by atoms with E-state index in [2.05, 4.69) is 31.4 Å². The number of carboxylic acid groups (broad SMARTS) is 1. The minimum atomic E-state index is -0.831. The van der Waals surface area contributed by atoms with Crippen LogP contribution in [0.5, 0.6) is 0 Å². The van der Waals surface area contributed by atoms with Crippen molar-refractivity contribution >= 4 is 34.6 Å². The Morgan fingerprint density at radius 2 is 1.70 bits per heavy atom. The Balaban J connectivity index is 0.000000479. The van der Waals surface area contributed by atoms with Crippen molar-refractivity contribution in [3.8, 4) is 11.1 Å². The molecule has 1 aliphatic heterocycles. The van der Waals surface area contributed by atoms with Crippen molar-refractivity contribution in [3.63, 3.8) is 0 Å². The van der Waals surface area contributed by atoms with Crippen molar-refractivity contribution in [1.29, 1.82) is 0 Å². The lowest BCUT2D eigenvalue weighted by atomic mass is 9.86. The smallest absolute Gasteiger partial charge is 0.332 e. The van der Waals surface area contributed by atoms with Crippen LogP contribution in [0.25, 0.3) is 11.1 Å². The summed E-state index contributed by atoms with van der Waals surface area (Å²) in [6.45, 7) is 9.01. The van der Waals surface area contributed by atoms with E-state index in [1.807, 2.05) is 67.6 Å². The number of aliphatic carboxylic acids is 1. The Kier molecular flexibility index (Phi) is 9.90. The highest BCUT2D eigenvalue weighted by Crippen LogP contribution is 2.30. The number of ether oxygens (including phenoxy) is 1. The largest absolute Gasteiger partial charge is 0.479 e. The van der Waals surface area contributed by atoms with Crippen LogP contribution < -0.4 is 21.9 Å². The summed E-state index contributed by atoms with van der Waals surface area (Å²) in [7, 11) is 1.72. The number of rotatable bonds is 6. The van der Waals surface area contributed by atoms with Crippen LogP contribution in [-0.2, 0) is 22.0 Å². The highest BCUT2D eigenvalue weighted by atomic mass is 16.5. The summed E-state index contributed by atoms with van der Waals surface area (Å²) in [6, 6.07) is 22.6. The number of carboxylic acids is 1. The average Bonchev–Trinajstić information content (AvgIpc) is 3.52. The predicted octanol–water partition coefficient (Wildman–Crippen LogP) is 6.49. The number of nitrogen functional groups attached to an aromatic ring is 1. The first-order valence-electron chi connectivity index (χ1n) is 14.5. The highest BCUT2D eigenvalue weighted by molar-refractivity contribution is 6.05. The van der Waals surface area contributed by atoms with Crippen molar-refractivity contribution in [2.45, 2.75) is 52.1 Å². The monoisotopic (exact) mass is 596 g/mol. The fourth-order valence-corrected chi connectivity index (χ4v) is 4.89. The van der Waals surface area contributed by atoms with E-state index >= 15 is 0 Å². The number of anilines is 4. The zero-order valence-corrected chi connectivity index (χ0v) is 25.8. The van der Waals surface area contributed by atoms with Gasteiger partial charge in [-0.05, 0) is 84.3 Å². The van der Waals surface area contributed by atoms with Gasteiger partial charge in [-0.3, -0.25) is 9.59 Å². The van der Waals surface area contributed by atoms with Crippen LogP contribution >= 0.6 is 0 Å². The molecule has 0 radical (unpaired) electrons. The lowest BCUT2D eigenvalue weighted by Crippen LogP contribution is -2.19. The van der Waals surface area contributed by atoms with Crippen molar-refractivity contribution in [3.05, 3.63) is 106 Å². The summed E-state index contributed by atoms with van der Waals surface area (Å²) < 4.78 is 6.36. The molecule has 1 saturated heterocycles. The lowest BCUT2D eigenvalue weighted by molar-refractivity contribution is -0.147. The van der Waals surface area contributed by atoms with Gasteiger partial charge >= 0.3 is 5.97 Å². The zero-order valence-electron chi connectivity index (χ0n) is 25.8. The number of aryl methyl sites for hydroxylation is 1. The van der Waals surface area contributed by atoms with Gasteiger partial charge in [0.1, 0.15) is 5.69 Å². The Bertz CT molecular complexity index is 1700. The number of nitrogens with zero attached hydrogens (tertiary/aromatic N) is 1. The third kappa shape index (κ3) is 7.93. The second kappa shape index (κ2) is 13.6. The van der Waals surface area contributed by atoms with Crippen molar-refractivity contribution in [2.75, 3.05) is 23.0 Å². The predicted molar refractivity (Wildman–Crippen MR) is 176 cm³/mol. The first-order valence-corrected chi connectivity index (χ1v) is 14.5. The summed E-state index contributed by atoms with van der Waals surface area (Å²) in [6.07, 6.45) is 2.84. The van der Waals surface area contributed by atoms with E-state index in [0.717, 1.165) is 34.5 Å². The van der Waals surface area contributed by atoms with Crippen molar-refractivity contribution in [1.82, 2.24) is 4.57 Å². The maximum atomic E-state index is 13.0. The third-order valence-corrected chi connectivity index (χ3v) is 7.46. The summed E-state index contributed by atoms with van der Waals surface area (Å²) >= 11 is 0. The Morgan fingerprint density at radius 1 is 1.00 bits per heavy atom. The molecule has 9 heteroatoms. The number of carbonyl (C=O) groups is 2. The maximum Gasteiger partial charge on any atom is 0.332 e. The van der Waals surface area contributed by atoms with Gasteiger partial charge in [-0.2, -0.15) is 0 Å². The fraction of sp³-hybridized carbons (Fsp3) is 0.286. The first-order chi connectivity index (χ1) is 20.8. The van der Waals surface area contributed by atoms with E-state index in [9.17, 15) is 14.4 Å². The molecule has 1 amide bonds. The second-order valence-corrected chi connectivity index (χ2v) is 11.9. The molecule has 1 aliphatic rings. The van der Waals surface area contributed by atoms with Crippen LogP contribution in [0.3, 0.4) is 0 Å². The lowest BCUT2D eigenvalue weighted by Gasteiger charge is -2.19. The number of hydrogen-bond donors (Lipinski definition) is 4. The maximum absolute atomic E-state index is 13.0. The minimum absolute atomic E-state index is 0.0243. The van der Waals surface area contributed by atoms with E-state index in [0.29, 0.717) is 30.0 Å². The van der Waals surface area contributed by atoms with E-state index < -0.39 is 12.1 Å². The Morgan fingerprint density at radius 3 is 2.30 bits per heavy atom. The molecule has 0 bridgehead atoms. The first kappa shape index (κ1) is 32.0. The number of carbonyl (C=O) groups excluding carboxylic acids is 1. The fourth-order valence-electron chi connectivity index (χ4n) is 4.89. The number of nitrogens with two attached hydrogens (primary N) is 1. The Hall–Kier alpha value is -4.89. The van der Waals surface area contributed by atoms with E-state index in [1.165, 1.54) is 5.56 Å².